The normalized spacial score (nSPS) is 12.8. The van der Waals surface area contributed by atoms with Crippen LogP contribution >= 0.6 is 11.3 Å². The van der Waals surface area contributed by atoms with Crippen LogP contribution in [0.3, 0.4) is 0 Å². The molecular weight excluding hydrogens is 378 g/mol. The molecule has 3 aromatic rings. The Labute approximate surface area is 167 Å². The average Bonchev–Trinajstić information content (AvgIpc) is 3.30. The molecule has 0 aliphatic rings. The zero-order valence-electron chi connectivity index (χ0n) is 16.0. The molecule has 1 aromatic carbocycles. The fraction of sp³-hybridized carbons (Fsp3) is 0.300. The fourth-order valence-corrected chi connectivity index (χ4v) is 3.85. The van der Waals surface area contributed by atoms with Crippen molar-refractivity contribution in [1.29, 1.82) is 0 Å². The van der Waals surface area contributed by atoms with E-state index in [1.807, 2.05) is 30.3 Å². The molecule has 0 saturated carbocycles. The first-order chi connectivity index (χ1) is 13.5. The maximum atomic E-state index is 11.7. The van der Waals surface area contributed by atoms with Gasteiger partial charge < -0.3 is 24.9 Å². The summed E-state index contributed by atoms with van der Waals surface area (Å²) < 4.78 is 11.4. The third-order valence-corrected chi connectivity index (χ3v) is 5.48. The highest BCUT2D eigenvalue weighted by Gasteiger charge is 2.16. The zero-order valence-corrected chi connectivity index (χ0v) is 16.8. The minimum Gasteiger partial charge on any atom is -0.465 e. The lowest BCUT2D eigenvalue weighted by atomic mass is 10.2. The van der Waals surface area contributed by atoms with E-state index >= 15 is 0 Å². The van der Waals surface area contributed by atoms with Gasteiger partial charge in [-0.05, 0) is 30.5 Å². The quantitative estimate of drug-likeness (QED) is 0.334. The van der Waals surface area contributed by atoms with Gasteiger partial charge in [0.1, 0.15) is 23.2 Å². The summed E-state index contributed by atoms with van der Waals surface area (Å²) in [7, 11) is 2.98. The van der Waals surface area contributed by atoms with Crippen LogP contribution in [0.15, 0.2) is 45.8 Å². The van der Waals surface area contributed by atoms with Crippen LogP contribution in [0.25, 0.3) is 10.1 Å². The highest BCUT2D eigenvalue weighted by molar-refractivity contribution is 7.19. The number of carbonyl (C=O) groups is 1. The molecule has 28 heavy (non-hydrogen) atoms. The SMILES string of the molecule is CN=C(NCc1cc(C(=O)OC)c(C)o1)NCC(O)c1cc2ccccc2s1. The number of aliphatic hydroxyl groups excluding tert-OH is 1. The van der Waals surface area contributed by atoms with E-state index < -0.39 is 12.1 Å². The number of furan rings is 1. The lowest BCUT2D eigenvalue weighted by Gasteiger charge is -2.14. The summed E-state index contributed by atoms with van der Waals surface area (Å²) >= 11 is 1.57. The van der Waals surface area contributed by atoms with Gasteiger partial charge in [0.2, 0.25) is 0 Å². The first-order valence-electron chi connectivity index (χ1n) is 8.80. The molecule has 148 valence electrons. The molecule has 2 aromatic heterocycles. The summed E-state index contributed by atoms with van der Waals surface area (Å²) in [4.78, 5) is 16.7. The molecule has 1 unspecified atom stereocenters. The molecule has 0 amide bonds. The number of rotatable bonds is 6. The van der Waals surface area contributed by atoms with Crippen molar-refractivity contribution in [2.45, 2.75) is 19.6 Å². The van der Waals surface area contributed by atoms with Crippen molar-refractivity contribution in [1.82, 2.24) is 10.6 Å². The third-order valence-electron chi connectivity index (χ3n) is 4.26. The molecule has 0 radical (unpaired) electrons. The van der Waals surface area contributed by atoms with Crippen LogP contribution in [-0.2, 0) is 11.3 Å². The van der Waals surface area contributed by atoms with Gasteiger partial charge in [-0.25, -0.2) is 4.79 Å². The fourth-order valence-electron chi connectivity index (χ4n) is 2.80. The Morgan fingerprint density at radius 1 is 1.32 bits per heavy atom. The molecule has 0 bridgehead atoms. The Balaban J connectivity index is 1.55. The molecular formula is C20H23N3O4S. The molecule has 0 spiro atoms. The highest BCUT2D eigenvalue weighted by Crippen LogP contribution is 2.29. The first-order valence-corrected chi connectivity index (χ1v) is 9.62. The summed E-state index contributed by atoms with van der Waals surface area (Å²) in [6.45, 7) is 2.37. The number of methoxy groups -OCH3 is 1. The van der Waals surface area contributed by atoms with Crippen LogP contribution in [-0.4, -0.2) is 37.7 Å². The molecule has 0 fully saturated rings. The number of nitrogens with zero attached hydrogens (tertiary/aromatic N) is 1. The van der Waals surface area contributed by atoms with E-state index in [-0.39, 0.29) is 0 Å². The van der Waals surface area contributed by atoms with Crippen LogP contribution in [0.1, 0.15) is 32.9 Å². The van der Waals surface area contributed by atoms with E-state index in [4.69, 9.17) is 9.15 Å². The monoisotopic (exact) mass is 401 g/mol. The lowest BCUT2D eigenvalue weighted by molar-refractivity contribution is 0.0599. The van der Waals surface area contributed by atoms with Crippen molar-refractivity contribution in [3.8, 4) is 0 Å². The number of carbonyl (C=O) groups excluding carboxylic acids is 1. The van der Waals surface area contributed by atoms with Crippen LogP contribution in [0, 0.1) is 6.92 Å². The van der Waals surface area contributed by atoms with Gasteiger partial charge in [0, 0.05) is 23.2 Å². The number of nitrogens with one attached hydrogen (secondary N) is 2. The molecule has 8 heteroatoms. The number of benzene rings is 1. The minimum atomic E-state index is -0.646. The van der Waals surface area contributed by atoms with E-state index in [0.29, 0.717) is 36.1 Å². The minimum absolute atomic E-state index is 0.317. The number of hydrogen-bond donors (Lipinski definition) is 3. The van der Waals surface area contributed by atoms with Crippen molar-refractivity contribution in [3.05, 3.63) is 58.4 Å². The van der Waals surface area contributed by atoms with Gasteiger partial charge in [0.25, 0.3) is 0 Å². The number of aliphatic imine (C=N–C) groups is 1. The highest BCUT2D eigenvalue weighted by atomic mass is 32.1. The van der Waals surface area contributed by atoms with Gasteiger partial charge >= 0.3 is 5.97 Å². The zero-order chi connectivity index (χ0) is 20.1. The largest absolute Gasteiger partial charge is 0.465 e. The number of thiophene rings is 1. The van der Waals surface area contributed by atoms with Crippen molar-refractivity contribution in [3.63, 3.8) is 0 Å². The molecule has 0 aliphatic carbocycles. The summed E-state index contributed by atoms with van der Waals surface area (Å²) in [5.74, 6) is 1.19. The van der Waals surface area contributed by atoms with Gasteiger partial charge in [0.15, 0.2) is 5.96 Å². The van der Waals surface area contributed by atoms with Crippen LogP contribution in [0.4, 0.5) is 0 Å². The maximum Gasteiger partial charge on any atom is 0.341 e. The molecule has 3 N–H and O–H groups in total. The maximum absolute atomic E-state index is 11.7. The standard InChI is InChI=1S/C20H23N3O4S/c1-12-15(19(25)26-3)9-14(27-12)10-22-20(21-2)23-11-16(24)18-8-13-6-4-5-7-17(13)28-18/h4-9,16,24H,10-11H2,1-3H3,(H2,21,22,23). The molecule has 2 heterocycles. The number of esters is 1. The van der Waals surface area contributed by atoms with E-state index in [1.54, 1.807) is 31.4 Å². The second-order valence-corrected chi connectivity index (χ2v) is 7.30. The topological polar surface area (TPSA) is 96.1 Å². The van der Waals surface area contributed by atoms with Gasteiger partial charge in [-0.2, -0.15) is 0 Å². The Hall–Kier alpha value is -2.84. The first kappa shape index (κ1) is 19.9. The van der Waals surface area contributed by atoms with Crippen molar-refractivity contribution in [2.75, 3.05) is 20.7 Å². The van der Waals surface area contributed by atoms with E-state index in [2.05, 4.69) is 15.6 Å². The summed E-state index contributed by atoms with van der Waals surface area (Å²) in [5.41, 5.74) is 0.405. The molecule has 7 nitrogen and oxygen atoms in total. The second-order valence-electron chi connectivity index (χ2n) is 6.18. The number of hydrogen-bond acceptors (Lipinski definition) is 6. The summed E-state index contributed by atoms with van der Waals surface area (Å²) in [5, 5.41) is 17.8. The second kappa shape index (κ2) is 8.90. The third kappa shape index (κ3) is 4.52. The van der Waals surface area contributed by atoms with Crippen molar-refractivity contribution >= 4 is 33.4 Å². The van der Waals surface area contributed by atoms with E-state index in [0.717, 1.165) is 15.0 Å². The van der Waals surface area contributed by atoms with Crippen LogP contribution < -0.4 is 10.6 Å². The average molecular weight is 401 g/mol. The number of aliphatic hydroxyl groups is 1. The van der Waals surface area contributed by atoms with Gasteiger partial charge in [-0.1, -0.05) is 18.2 Å². The van der Waals surface area contributed by atoms with Gasteiger partial charge in [0.05, 0.1) is 13.7 Å². The van der Waals surface area contributed by atoms with Crippen molar-refractivity contribution < 1.29 is 19.1 Å². The Kier molecular flexibility index (Phi) is 6.33. The molecule has 3 rings (SSSR count). The lowest BCUT2D eigenvalue weighted by Crippen LogP contribution is -2.38. The smallest absolute Gasteiger partial charge is 0.341 e. The Bertz CT molecular complexity index is 959. The predicted molar refractivity (Wildman–Crippen MR) is 110 cm³/mol. The van der Waals surface area contributed by atoms with Gasteiger partial charge in [-0.3, -0.25) is 4.99 Å². The summed E-state index contributed by atoms with van der Waals surface area (Å²) in [6.07, 6.45) is -0.646. The number of fused-ring (bicyclic) bond motifs is 1. The molecule has 0 saturated heterocycles. The molecule has 0 aliphatic heterocycles. The summed E-state index contributed by atoms with van der Waals surface area (Å²) in [6, 6.07) is 11.7. The molecule has 1 atom stereocenters. The predicted octanol–water partition coefficient (Wildman–Crippen LogP) is 2.99. The van der Waals surface area contributed by atoms with Gasteiger partial charge in [-0.15, -0.1) is 11.3 Å². The van der Waals surface area contributed by atoms with Crippen molar-refractivity contribution in [2.24, 2.45) is 4.99 Å². The Morgan fingerprint density at radius 3 is 2.82 bits per heavy atom. The number of guanidine groups is 1. The van der Waals surface area contributed by atoms with E-state index in [1.165, 1.54) is 7.11 Å². The van der Waals surface area contributed by atoms with E-state index in [9.17, 15) is 9.90 Å². The number of ether oxygens (including phenoxy) is 1. The van der Waals surface area contributed by atoms with Crippen LogP contribution in [0.5, 0.6) is 0 Å². The number of aryl methyl sites for hydroxylation is 1. The van der Waals surface area contributed by atoms with Crippen LogP contribution in [0.2, 0.25) is 0 Å². The Morgan fingerprint density at radius 2 is 2.11 bits per heavy atom.